The first kappa shape index (κ1) is 18.6. The van der Waals surface area contributed by atoms with E-state index in [1.165, 1.54) is 11.3 Å². The Morgan fingerprint density at radius 2 is 1.85 bits per heavy atom. The van der Waals surface area contributed by atoms with Crippen LogP contribution < -0.4 is 15.4 Å². The molecule has 3 rings (SSSR count). The second kappa shape index (κ2) is 8.03. The molecule has 2 aromatic carbocycles. The number of fused-ring (bicyclic) bond motifs is 1. The minimum absolute atomic E-state index is 0.111. The minimum atomic E-state index is -0.325. The molecule has 0 fully saturated rings. The van der Waals surface area contributed by atoms with Gasteiger partial charge in [-0.15, -0.1) is 11.3 Å². The third-order valence-electron chi connectivity index (χ3n) is 3.45. The number of rotatable bonds is 4. The highest BCUT2D eigenvalue weighted by atomic mass is 35.5. The first-order valence-electron chi connectivity index (χ1n) is 8.00. The lowest BCUT2D eigenvalue weighted by atomic mass is 10.2. The molecule has 0 saturated heterocycles. The van der Waals surface area contributed by atoms with Crippen molar-refractivity contribution in [3.63, 3.8) is 0 Å². The standard InChI is InChI=1S/C19H17ClN2O2S2/c1-11(2)24-13-9-7-12(8-10-13)21-19(25)22-18(23)17-16(20)14-5-3-4-6-15(14)26-17/h3-11H,1-2H3,(H2,21,22,23,25). The van der Waals surface area contributed by atoms with Gasteiger partial charge in [0, 0.05) is 15.8 Å². The number of benzene rings is 2. The van der Waals surface area contributed by atoms with Gasteiger partial charge in [0.1, 0.15) is 10.6 Å². The van der Waals surface area contributed by atoms with E-state index in [2.05, 4.69) is 10.6 Å². The second-order valence-electron chi connectivity index (χ2n) is 5.84. The molecule has 0 aliphatic heterocycles. The van der Waals surface area contributed by atoms with Crippen LogP contribution in [0.15, 0.2) is 48.5 Å². The van der Waals surface area contributed by atoms with Crippen molar-refractivity contribution in [1.82, 2.24) is 5.32 Å². The summed E-state index contributed by atoms with van der Waals surface area (Å²) in [5, 5.41) is 7.17. The van der Waals surface area contributed by atoms with E-state index < -0.39 is 0 Å². The van der Waals surface area contributed by atoms with Crippen molar-refractivity contribution < 1.29 is 9.53 Å². The van der Waals surface area contributed by atoms with Crippen LogP contribution in [0, 0.1) is 0 Å². The highest BCUT2D eigenvalue weighted by Gasteiger charge is 2.17. The normalized spacial score (nSPS) is 10.8. The predicted octanol–water partition coefficient (Wildman–Crippen LogP) is 5.47. The fourth-order valence-electron chi connectivity index (χ4n) is 2.37. The van der Waals surface area contributed by atoms with E-state index in [0.717, 1.165) is 21.5 Å². The summed E-state index contributed by atoms with van der Waals surface area (Å²) in [6.07, 6.45) is 0.111. The van der Waals surface area contributed by atoms with Gasteiger partial charge in [0.15, 0.2) is 5.11 Å². The number of thiophene rings is 1. The Labute approximate surface area is 166 Å². The molecule has 0 aliphatic rings. The zero-order chi connectivity index (χ0) is 18.7. The predicted molar refractivity (Wildman–Crippen MR) is 113 cm³/mol. The lowest BCUT2D eigenvalue weighted by molar-refractivity contribution is 0.0982. The van der Waals surface area contributed by atoms with Crippen molar-refractivity contribution in [1.29, 1.82) is 0 Å². The molecule has 2 N–H and O–H groups in total. The molecule has 0 bridgehead atoms. The Hall–Kier alpha value is -2.15. The van der Waals surface area contributed by atoms with Gasteiger partial charge in [-0.1, -0.05) is 29.8 Å². The van der Waals surface area contributed by atoms with Crippen molar-refractivity contribution in [2.24, 2.45) is 0 Å². The number of carbonyl (C=O) groups excluding carboxylic acids is 1. The van der Waals surface area contributed by atoms with Crippen LogP contribution in [0.2, 0.25) is 5.02 Å². The van der Waals surface area contributed by atoms with E-state index in [4.69, 9.17) is 28.6 Å². The zero-order valence-electron chi connectivity index (χ0n) is 14.2. The number of nitrogens with one attached hydrogen (secondary N) is 2. The van der Waals surface area contributed by atoms with E-state index in [0.29, 0.717) is 9.90 Å². The van der Waals surface area contributed by atoms with Gasteiger partial charge in [-0.2, -0.15) is 0 Å². The maximum atomic E-state index is 12.5. The number of ether oxygens (including phenoxy) is 1. The Morgan fingerprint density at radius 1 is 1.15 bits per heavy atom. The van der Waals surface area contributed by atoms with Crippen LogP contribution in [0.25, 0.3) is 10.1 Å². The van der Waals surface area contributed by atoms with Gasteiger partial charge in [-0.3, -0.25) is 10.1 Å². The van der Waals surface area contributed by atoms with Gasteiger partial charge in [-0.25, -0.2) is 0 Å². The number of halogens is 1. The van der Waals surface area contributed by atoms with Crippen LogP contribution in [0.1, 0.15) is 23.5 Å². The summed E-state index contributed by atoms with van der Waals surface area (Å²) >= 11 is 12.9. The Kier molecular flexibility index (Phi) is 5.76. The van der Waals surface area contributed by atoms with E-state index in [-0.39, 0.29) is 17.1 Å². The van der Waals surface area contributed by atoms with Crippen LogP contribution in [-0.2, 0) is 0 Å². The highest BCUT2D eigenvalue weighted by Crippen LogP contribution is 2.34. The molecule has 0 atom stereocenters. The van der Waals surface area contributed by atoms with Crippen molar-refractivity contribution in [2.75, 3.05) is 5.32 Å². The SMILES string of the molecule is CC(C)Oc1ccc(NC(=S)NC(=O)c2sc3ccccc3c2Cl)cc1. The van der Waals surface area contributed by atoms with Gasteiger partial charge in [0.25, 0.3) is 5.91 Å². The molecular formula is C19H17ClN2O2S2. The monoisotopic (exact) mass is 404 g/mol. The lowest BCUT2D eigenvalue weighted by Crippen LogP contribution is -2.33. The fraction of sp³-hybridized carbons (Fsp3) is 0.158. The quantitative estimate of drug-likeness (QED) is 0.566. The molecule has 7 heteroatoms. The minimum Gasteiger partial charge on any atom is -0.491 e. The van der Waals surface area contributed by atoms with E-state index in [9.17, 15) is 4.79 Å². The van der Waals surface area contributed by atoms with E-state index >= 15 is 0 Å². The summed E-state index contributed by atoms with van der Waals surface area (Å²) in [4.78, 5) is 12.9. The van der Waals surface area contributed by atoms with Gasteiger partial charge in [0.05, 0.1) is 11.1 Å². The first-order chi connectivity index (χ1) is 12.4. The summed E-state index contributed by atoms with van der Waals surface area (Å²) in [5.41, 5.74) is 0.758. The van der Waals surface area contributed by atoms with Crippen LogP contribution in [-0.4, -0.2) is 17.1 Å². The first-order valence-corrected chi connectivity index (χ1v) is 9.60. The number of amides is 1. The van der Waals surface area contributed by atoms with E-state index in [1.807, 2.05) is 62.4 Å². The number of hydrogen-bond acceptors (Lipinski definition) is 4. The Morgan fingerprint density at radius 3 is 2.50 bits per heavy atom. The number of carbonyl (C=O) groups is 1. The largest absolute Gasteiger partial charge is 0.491 e. The van der Waals surface area contributed by atoms with Crippen molar-refractivity contribution in [3.8, 4) is 5.75 Å². The zero-order valence-corrected chi connectivity index (χ0v) is 16.6. The number of thiocarbonyl (C=S) groups is 1. The molecule has 0 radical (unpaired) electrons. The van der Waals surface area contributed by atoms with Crippen LogP contribution in [0.4, 0.5) is 5.69 Å². The summed E-state index contributed by atoms with van der Waals surface area (Å²) in [7, 11) is 0. The molecule has 4 nitrogen and oxygen atoms in total. The van der Waals surface area contributed by atoms with Crippen molar-refractivity contribution in [2.45, 2.75) is 20.0 Å². The highest BCUT2D eigenvalue weighted by molar-refractivity contribution is 7.80. The van der Waals surface area contributed by atoms with Crippen LogP contribution in [0.5, 0.6) is 5.75 Å². The average Bonchev–Trinajstić information content (AvgIpc) is 2.93. The number of hydrogen-bond donors (Lipinski definition) is 2. The number of anilines is 1. The fourth-order valence-corrected chi connectivity index (χ4v) is 3.99. The summed E-state index contributed by atoms with van der Waals surface area (Å²) < 4.78 is 6.56. The molecule has 0 saturated carbocycles. The smallest absolute Gasteiger partial charge is 0.269 e. The second-order valence-corrected chi connectivity index (χ2v) is 7.68. The maximum Gasteiger partial charge on any atom is 0.269 e. The Balaban J connectivity index is 1.65. The molecule has 0 spiro atoms. The van der Waals surface area contributed by atoms with Crippen LogP contribution >= 0.6 is 35.2 Å². The molecule has 1 heterocycles. The molecule has 134 valence electrons. The van der Waals surface area contributed by atoms with E-state index in [1.54, 1.807) is 0 Å². The molecule has 0 unspecified atom stereocenters. The van der Waals surface area contributed by atoms with Gasteiger partial charge in [-0.05, 0) is 56.4 Å². The molecule has 1 amide bonds. The summed E-state index contributed by atoms with van der Waals surface area (Å²) in [5.74, 6) is 0.450. The molecule has 1 aromatic heterocycles. The lowest BCUT2D eigenvalue weighted by Gasteiger charge is -2.12. The molecule has 0 aliphatic carbocycles. The Bertz CT molecular complexity index is 952. The molecule has 3 aromatic rings. The van der Waals surface area contributed by atoms with Gasteiger partial charge in [0.2, 0.25) is 0 Å². The van der Waals surface area contributed by atoms with Gasteiger partial charge >= 0.3 is 0 Å². The average molecular weight is 405 g/mol. The third-order valence-corrected chi connectivity index (χ3v) is 5.33. The summed E-state index contributed by atoms with van der Waals surface area (Å²) in [6, 6.07) is 15.0. The van der Waals surface area contributed by atoms with Crippen molar-refractivity contribution >= 4 is 61.9 Å². The maximum absolute atomic E-state index is 12.5. The molecule has 26 heavy (non-hydrogen) atoms. The van der Waals surface area contributed by atoms with Crippen molar-refractivity contribution in [3.05, 3.63) is 58.4 Å². The molecular weight excluding hydrogens is 388 g/mol. The third kappa shape index (κ3) is 4.33. The van der Waals surface area contributed by atoms with Gasteiger partial charge < -0.3 is 10.1 Å². The topological polar surface area (TPSA) is 50.4 Å². The van der Waals surface area contributed by atoms with Crippen LogP contribution in [0.3, 0.4) is 0 Å². The summed E-state index contributed by atoms with van der Waals surface area (Å²) in [6.45, 7) is 3.94.